The van der Waals surface area contributed by atoms with Crippen LogP contribution >= 0.6 is 0 Å². The topological polar surface area (TPSA) is 61.0 Å². The molecular formula is C10H11BF4N4O2. The molecule has 21 heavy (non-hydrogen) atoms. The van der Waals surface area contributed by atoms with E-state index in [1.54, 1.807) is 4.57 Å². The molecule has 0 saturated carbocycles. The van der Waals surface area contributed by atoms with Gasteiger partial charge in [0.1, 0.15) is 0 Å². The van der Waals surface area contributed by atoms with E-state index in [9.17, 15) is 17.3 Å². The molecule has 0 aliphatic heterocycles. The smallest absolute Gasteiger partial charge is 0.454 e. The third kappa shape index (κ3) is 6.50. The highest BCUT2D eigenvalue weighted by atomic mass is 19.5. The van der Waals surface area contributed by atoms with Crippen molar-refractivity contribution in [2.24, 2.45) is 0 Å². The standard InChI is InChI=1S/C10H11N4O2.BF4/c1-15-9-11-8(12-10(13-9)16-2)14-6-4-3-5-7-14;2-1(3,4)5/h3-7H,1-2H3;/q+1;-1. The first-order valence-corrected chi connectivity index (χ1v) is 5.51. The number of hydrogen-bond donors (Lipinski definition) is 0. The molecular weight excluding hydrogens is 295 g/mol. The van der Waals surface area contributed by atoms with Crippen LogP contribution in [0.2, 0.25) is 0 Å². The lowest BCUT2D eigenvalue weighted by molar-refractivity contribution is -0.603. The van der Waals surface area contributed by atoms with Crippen LogP contribution in [-0.2, 0) is 0 Å². The van der Waals surface area contributed by atoms with Crippen molar-refractivity contribution in [3.8, 4) is 18.0 Å². The third-order valence-corrected chi connectivity index (χ3v) is 1.89. The number of halogens is 4. The Bertz CT molecular complexity index is 542. The highest BCUT2D eigenvalue weighted by Gasteiger charge is 2.20. The molecule has 0 saturated heterocycles. The van der Waals surface area contributed by atoms with Gasteiger partial charge >= 0.3 is 25.2 Å². The maximum atomic E-state index is 9.75. The third-order valence-electron chi connectivity index (χ3n) is 1.89. The van der Waals surface area contributed by atoms with Crippen LogP contribution in [0.4, 0.5) is 17.3 Å². The lowest BCUT2D eigenvalue weighted by atomic mass is 10.3. The van der Waals surface area contributed by atoms with Crippen LogP contribution in [0, 0.1) is 0 Å². The van der Waals surface area contributed by atoms with Gasteiger partial charge in [-0.25, -0.2) is 4.57 Å². The van der Waals surface area contributed by atoms with Crippen molar-refractivity contribution >= 4 is 7.25 Å². The van der Waals surface area contributed by atoms with E-state index in [1.807, 2.05) is 30.6 Å². The van der Waals surface area contributed by atoms with Gasteiger partial charge in [0.15, 0.2) is 0 Å². The molecule has 114 valence electrons. The maximum Gasteiger partial charge on any atom is 0.673 e. The summed E-state index contributed by atoms with van der Waals surface area (Å²) in [6.45, 7) is 0. The summed E-state index contributed by atoms with van der Waals surface area (Å²) in [5.74, 6) is 0.448. The second-order valence-electron chi connectivity index (χ2n) is 3.39. The number of pyridine rings is 1. The van der Waals surface area contributed by atoms with Crippen molar-refractivity contribution in [2.45, 2.75) is 0 Å². The zero-order valence-corrected chi connectivity index (χ0v) is 11.1. The van der Waals surface area contributed by atoms with Crippen LogP contribution in [-0.4, -0.2) is 36.4 Å². The summed E-state index contributed by atoms with van der Waals surface area (Å²) in [5, 5.41) is 0. The quantitative estimate of drug-likeness (QED) is 0.488. The molecule has 0 aliphatic carbocycles. The minimum absolute atomic E-state index is 0.221. The van der Waals surface area contributed by atoms with Crippen molar-refractivity contribution in [2.75, 3.05) is 14.2 Å². The predicted molar refractivity (Wildman–Crippen MR) is 64.6 cm³/mol. The van der Waals surface area contributed by atoms with Gasteiger partial charge in [-0.3, -0.25) is 0 Å². The second kappa shape index (κ2) is 7.36. The fourth-order valence-corrected chi connectivity index (χ4v) is 1.16. The van der Waals surface area contributed by atoms with Gasteiger partial charge in [0.05, 0.1) is 26.6 Å². The first-order valence-electron chi connectivity index (χ1n) is 5.51. The van der Waals surface area contributed by atoms with Gasteiger partial charge < -0.3 is 26.7 Å². The van der Waals surface area contributed by atoms with Gasteiger partial charge in [0.25, 0.3) is 0 Å². The van der Waals surface area contributed by atoms with E-state index in [4.69, 9.17) is 9.47 Å². The minimum atomic E-state index is -6.00. The van der Waals surface area contributed by atoms with Crippen LogP contribution in [0.3, 0.4) is 0 Å². The maximum absolute atomic E-state index is 9.75. The fourth-order valence-electron chi connectivity index (χ4n) is 1.16. The predicted octanol–water partition coefficient (Wildman–Crippen LogP) is 1.47. The Balaban J connectivity index is 0.000000383. The van der Waals surface area contributed by atoms with Crippen molar-refractivity contribution in [1.82, 2.24) is 15.0 Å². The zero-order chi connectivity index (χ0) is 15.9. The van der Waals surface area contributed by atoms with E-state index in [2.05, 4.69) is 15.0 Å². The first kappa shape index (κ1) is 16.6. The van der Waals surface area contributed by atoms with E-state index < -0.39 is 7.25 Å². The monoisotopic (exact) mass is 306 g/mol. The number of methoxy groups -OCH3 is 2. The molecule has 0 spiro atoms. The molecule has 0 N–H and O–H groups in total. The average molecular weight is 306 g/mol. The lowest BCUT2D eigenvalue weighted by Crippen LogP contribution is -2.32. The molecule has 0 aliphatic rings. The van der Waals surface area contributed by atoms with E-state index in [-0.39, 0.29) is 12.0 Å². The summed E-state index contributed by atoms with van der Waals surface area (Å²) in [6.07, 6.45) is 3.66. The summed E-state index contributed by atoms with van der Waals surface area (Å²) < 4.78 is 50.7. The van der Waals surface area contributed by atoms with Crippen molar-refractivity contribution in [3.63, 3.8) is 0 Å². The molecule has 0 unspecified atom stereocenters. The Labute approximate surface area is 117 Å². The van der Waals surface area contributed by atoms with E-state index >= 15 is 0 Å². The molecule has 0 bridgehead atoms. The summed E-state index contributed by atoms with van der Waals surface area (Å²) >= 11 is 0. The van der Waals surface area contributed by atoms with Gasteiger partial charge in [-0.15, -0.1) is 4.98 Å². The Morgan fingerprint density at radius 2 is 1.29 bits per heavy atom. The Kier molecular flexibility index (Phi) is 5.82. The second-order valence-corrected chi connectivity index (χ2v) is 3.39. The van der Waals surface area contributed by atoms with E-state index in [1.165, 1.54) is 14.2 Å². The Hall–Kier alpha value is -2.46. The van der Waals surface area contributed by atoms with Gasteiger partial charge in [0.2, 0.25) is 0 Å². The molecule has 6 nitrogen and oxygen atoms in total. The number of aromatic nitrogens is 4. The van der Waals surface area contributed by atoms with Gasteiger partial charge in [-0.05, 0) is 22.1 Å². The SMILES string of the molecule is COc1nc(OC)nc(-[n+]2ccccc2)n1.F[B-](F)(F)F. The molecule has 0 fully saturated rings. The normalized spacial score (nSPS) is 10.4. The van der Waals surface area contributed by atoms with Crippen molar-refractivity contribution in [3.05, 3.63) is 30.6 Å². The molecule has 11 heteroatoms. The molecule has 0 radical (unpaired) electrons. The number of nitrogens with zero attached hydrogens (tertiary/aromatic N) is 4. The molecule has 0 atom stereocenters. The molecule has 2 heterocycles. The van der Waals surface area contributed by atoms with Gasteiger partial charge in [-0.2, -0.15) is 0 Å². The molecule has 0 aromatic carbocycles. The lowest BCUT2D eigenvalue weighted by Gasteiger charge is -1.98. The number of hydrogen-bond acceptors (Lipinski definition) is 5. The fraction of sp³-hybridized carbons (Fsp3) is 0.200. The Morgan fingerprint density at radius 3 is 1.67 bits per heavy atom. The van der Waals surface area contributed by atoms with Crippen LogP contribution in [0.5, 0.6) is 12.0 Å². The Morgan fingerprint density at radius 1 is 0.857 bits per heavy atom. The largest absolute Gasteiger partial charge is 0.673 e. The summed E-state index contributed by atoms with van der Waals surface area (Å²) in [4.78, 5) is 12.1. The van der Waals surface area contributed by atoms with Crippen LogP contribution in [0.25, 0.3) is 5.95 Å². The van der Waals surface area contributed by atoms with Gasteiger partial charge in [-0.1, -0.05) is 6.07 Å². The molecule has 0 amide bonds. The molecule has 2 aromatic rings. The van der Waals surface area contributed by atoms with Crippen LogP contribution in [0.15, 0.2) is 30.6 Å². The zero-order valence-electron chi connectivity index (χ0n) is 11.1. The summed E-state index contributed by atoms with van der Waals surface area (Å²) in [5.41, 5.74) is 0. The van der Waals surface area contributed by atoms with E-state index in [0.29, 0.717) is 5.95 Å². The minimum Gasteiger partial charge on any atom is -0.454 e. The average Bonchev–Trinajstić information content (AvgIpc) is 2.46. The van der Waals surface area contributed by atoms with Crippen LogP contribution in [0.1, 0.15) is 0 Å². The molecule has 2 aromatic heterocycles. The highest BCUT2D eigenvalue weighted by Crippen LogP contribution is 2.08. The first-order chi connectivity index (χ1) is 9.83. The van der Waals surface area contributed by atoms with E-state index in [0.717, 1.165) is 0 Å². The molecule has 2 rings (SSSR count). The number of rotatable bonds is 3. The van der Waals surface area contributed by atoms with Crippen molar-refractivity contribution in [1.29, 1.82) is 0 Å². The van der Waals surface area contributed by atoms with Gasteiger partial charge in [0, 0.05) is 0 Å². The van der Waals surface area contributed by atoms with Crippen molar-refractivity contribution < 1.29 is 31.3 Å². The highest BCUT2D eigenvalue weighted by molar-refractivity contribution is 6.50. The summed E-state index contributed by atoms with van der Waals surface area (Å²) in [6, 6.07) is 6.11. The van der Waals surface area contributed by atoms with Crippen LogP contribution < -0.4 is 14.0 Å². The summed E-state index contributed by atoms with van der Waals surface area (Å²) in [7, 11) is -3.01. The number of ether oxygens (including phenoxy) is 2.